The van der Waals surface area contributed by atoms with Crippen molar-refractivity contribution in [3.05, 3.63) is 35.9 Å². The predicted octanol–water partition coefficient (Wildman–Crippen LogP) is 2.23. The van der Waals surface area contributed by atoms with Gasteiger partial charge < -0.3 is 5.73 Å². The second kappa shape index (κ2) is 8.99. The first-order valence-corrected chi connectivity index (χ1v) is 9.39. The molecule has 2 rings (SSSR count). The fourth-order valence-corrected chi connectivity index (χ4v) is 4.62. The molecule has 1 aromatic carbocycles. The highest BCUT2D eigenvalue weighted by atomic mass is 35.5. The summed E-state index contributed by atoms with van der Waals surface area (Å²) in [5.41, 5.74) is 6.98. The first kappa shape index (κ1) is 20.4. The number of nitrogens with zero attached hydrogens (tertiary/aromatic N) is 2. The van der Waals surface area contributed by atoms with Gasteiger partial charge in [0.25, 0.3) is 10.2 Å². The van der Waals surface area contributed by atoms with Gasteiger partial charge in [0.15, 0.2) is 0 Å². The zero-order valence-corrected chi connectivity index (χ0v) is 15.5. The smallest absolute Gasteiger partial charge is 0.282 e. The van der Waals surface area contributed by atoms with Crippen molar-refractivity contribution >= 4 is 22.6 Å². The predicted molar refractivity (Wildman–Crippen MR) is 96.6 cm³/mol. The summed E-state index contributed by atoms with van der Waals surface area (Å²) in [5.74, 6) is 0.249. The summed E-state index contributed by atoms with van der Waals surface area (Å²) < 4.78 is 29.0. The van der Waals surface area contributed by atoms with Crippen LogP contribution < -0.4 is 5.73 Å². The third kappa shape index (κ3) is 5.16. The van der Waals surface area contributed by atoms with E-state index in [4.69, 9.17) is 5.73 Å². The van der Waals surface area contributed by atoms with Crippen LogP contribution in [-0.2, 0) is 16.8 Å². The Hall–Kier alpha value is -0.660. The van der Waals surface area contributed by atoms with Crippen LogP contribution in [0.2, 0.25) is 0 Å². The van der Waals surface area contributed by atoms with Crippen molar-refractivity contribution < 1.29 is 8.42 Å². The zero-order valence-electron chi connectivity index (χ0n) is 13.9. The molecule has 7 heteroatoms. The average Bonchev–Trinajstić information content (AvgIpc) is 2.53. The van der Waals surface area contributed by atoms with E-state index in [0.29, 0.717) is 26.2 Å². The molecule has 0 amide bonds. The SMILES string of the molecule is CCN(Cc1ccccc1)S(=O)(=O)N1CCCC(C(C)N)C1.Cl. The number of hydrogen-bond acceptors (Lipinski definition) is 3. The van der Waals surface area contributed by atoms with E-state index in [1.54, 1.807) is 8.61 Å². The Morgan fingerprint density at radius 1 is 1.35 bits per heavy atom. The monoisotopic (exact) mass is 361 g/mol. The third-order valence-corrected chi connectivity index (χ3v) is 6.40. The highest BCUT2D eigenvalue weighted by Crippen LogP contribution is 2.23. The first-order chi connectivity index (χ1) is 10.4. The van der Waals surface area contributed by atoms with Crippen molar-refractivity contribution in [2.24, 2.45) is 11.7 Å². The van der Waals surface area contributed by atoms with Crippen LogP contribution in [0, 0.1) is 5.92 Å². The molecule has 5 nitrogen and oxygen atoms in total. The molecule has 0 aromatic heterocycles. The molecule has 0 aliphatic carbocycles. The highest BCUT2D eigenvalue weighted by molar-refractivity contribution is 7.86. The van der Waals surface area contributed by atoms with Gasteiger partial charge in [0.2, 0.25) is 0 Å². The number of rotatable bonds is 6. The molecule has 0 radical (unpaired) electrons. The zero-order chi connectivity index (χ0) is 16.2. The molecule has 1 aliphatic heterocycles. The number of piperidine rings is 1. The molecule has 0 spiro atoms. The van der Waals surface area contributed by atoms with Crippen molar-refractivity contribution in [3.8, 4) is 0 Å². The molecule has 1 aromatic rings. The first-order valence-electron chi connectivity index (χ1n) is 8.00. The van der Waals surface area contributed by atoms with E-state index < -0.39 is 10.2 Å². The number of nitrogens with two attached hydrogens (primary N) is 1. The summed E-state index contributed by atoms with van der Waals surface area (Å²) in [6.07, 6.45) is 1.89. The molecule has 132 valence electrons. The van der Waals surface area contributed by atoms with Crippen LogP contribution in [0.25, 0.3) is 0 Å². The topological polar surface area (TPSA) is 66.6 Å². The Balaban J connectivity index is 0.00000264. The summed E-state index contributed by atoms with van der Waals surface area (Å²) in [5, 5.41) is 0. The van der Waals surface area contributed by atoms with E-state index in [9.17, 15) is 8.42 Å². The second-order valence-corrected chi connectivity index (χ2v) is 7.97. The Morgan fingerprint density at radius 3 is 2.57 bits per heavy atom. The average molecular weight is 362 g/mol. The van der Waals surface area contributed by atoms with E-state index in [-0.39, 0.29) is 24.4 Å². The second-order valence-electron chi connectivity index (χ2n) is 6.04. The van der Waals surface area contributed by atoms with Gasteiger partial charge >= 0.3 is 0 Å². The summed E-state index contributed by atoms with van der Waals surface area (Å²) in [6, 6.07) is 9.75. The molecule has 2 unspecified atom stereocenters. The quantitative estimate of drug-likeness (QED) is 0.844. The van der Waals surface area contributed by atoms with E-state index >= 15 is 0 Å². The molecule has 1 saturated heterocycles. The maximum absolute atomic E-state index is 12.9. The third-order valence-electron chi connectivity index (χ3n) is 4.37. The molecule has 23 heavy (non-hydrogen) atoms. The van der Waals surface area contributed by atoms with Crippen LogP contribution >= 0.6 is 12.4 Å². The van der Waals surface area contributed by atoms with Gasteiger partial charge in [-0.05, 0) is 31.2 Å². The van der Waals surface area contributed by atoms with E-state index in [1.165, 1.54) is 0 Å². The maximum atomic E-state index is 12.9. The van der Waals surface area contributed by atoms with Gasteiger partial charge in [-0.1, -0.05) is 37.3 Å². The fourth-order valence-electron chi connectivity index (χ4n) is 2.92. The number of benzene rings is 1. The molecule has 1 aliphatic rings. The minimum atomic E-state index is -3.43. The molecular formula is C16H28ClN3O2S. The summed E-state index contributed by atoms with van der Waals surface area (Å²) >= 11 is 0. The molecule has 1 fully saturated rings. The largest absolute Gasteiger partial charge is 0.328 e. The van der Waals surface area contributed by atoms with Crippen LogP contribution in [0.4, 0.5) is 0 Å². The minimum Gasteiger partial charge on any atom is -0.328 e. The lowest BCUT2D eigenvalue weighted by molar-refractivity contribution is 0.227. The van der Waals surface area contributed by atoms with Crippen molar-refractivity contribution in [1.82, 2.24) is 8.61 Å². The number of halogens is 1. The van der Waals surface area contributed by atoms with Crippen LogP contribution in [0.15, 0.2) is 30.3 Å². The Kier molecular flexibility index (Phi) is 7.97. The Labute approximate surface area is 146 Å². The van der Waals surface area contributed by atoms with Gasteiger partial charge in [0, 0.05) is 32.2 Å². The van der Waals surface area contributed by atoms with Gasteiger partial charge in [-0.3, -0.25) is 0 Å². The van der Waals surface area contributed by atoms with Crippen LogP contribution in [0.1, 0.15) is 32.3 Å². The standard InChI is InChI=1S/C16H27N3O2S.ClH/c1-3-18(12-15-8-5-4-6-9-15)22(20,21)19-11-7-10-16(13-19)14(2)17;/h4-6,8-9,14,16H,3,7,10-13,17H2,1-2H3;1H. The van der Waals surface area contributed by atoms with E-state index in [1.807, 2.05) is 44.2 Å². The summed E-state index contributed by atoms with van der Waals surface area (Å²) in [6.45, 7) is 5.85. The lowest BCUT2D eigenvalue weighted by Crippen LogP contribution is -2.50. The summed E-state index contributed by atoms with van der Waals surface area (Å²) in [7, 11) is -3.43. The van der Waals surface area contributed by atoms with Gasteiger partial charge in [-0.25, -0.2) is 0 Å². The molecular weight excluding hydrogens is 334 g/mol. The minimum absolute atomic E-state index is 0. The van der Waals surface area contributed by atoms with Crippen molar-refractivity contribution in [2.75, 3.05) is 19.6 Å². The maximum Gasteiger partial charge on any atom is 0.282 e. The number of hydrogen-bond donors (Lipinski definition) is 1. The lowest BCUT2D eigenvalue weighted by atomic mass is 9.93. The lowest BCUT2D eigenvalue weighted by Gasteiger charge is -2.36. The molecule has 0 bridgehead atoms. The Morgan fingerprint density at radius 2 is 2.00 bits per heavy atom. The van der Waals surface area contributed by atoms with Gasteiger partial charge in [-0.15, -0.1) is 12.4 Å². The molecule has 2 atom stereocenters. The molecule has 2 N–H and O–H groups in total. The Bertz CT molecular complexity index is 566. The van der Waals surface area contributed by atoms with Crippen LogP contribution in [0.3, 0.4) is 0 Å². The highest BCUT2D eigenvalue weighted by Gasteiger charge is 2.33. The molecule has 1 heterocycles. The summed E-state index contributed by atoms with van der Waals surface area (Å²) in [4.78, 5) is 0. The van der Waals surface area contributed by atoms with Crippen molar-refractivity contribution in [1.29, 1.82) is 0 Å². The van der Waals surface area contributed by atoms with Crippen molar-refractivity contribution in [2.45, 2.75) is 39.3 Å². The normalized spacial score (nSPS) is 21.0. The fraction of sp³-hybridized carbons (Fsp3) is 0.625. The van der Waals surface area contributed by atoms with Crippen LogP contribution in [0.5, 0.6) is 0 Å². The van der Waals surface area contributed by atoms with Crippen molar-refractivity contribution in [3.63, 3.8) is 0 Å². The van der Waals surface area contributed by atoms with Crippen LogP contribution in [-0.4, -0.2) is 42.7 Å². The van der Waals surface area contributed by atoms with E-state index in [2.05, 4.69) is 0 Å². The van der Waals surface area contributed by atoms with Gasteiger partial charge in [-0.2, -0.15) is 17.0 Å². The van der Waals surface area contributed by atoms with E-state index in [0.717, 1.165) is 18.4 Å². The molecule has 0 saturated carbocycles. The van der Waals surface area contributed by atoms with Gasteiger partial charge in [0.05, 0.1) is 0 Å². The van der Waals surface area contributed by atoms with Gasteiger partial charge in [0.1, 0.15) is 0 Å².